The van der Waals surface area contributed by atoms with Crippen LogP contribution in [0.2, 0.25) is 0 Å². The van der Waals surface area contributed by atoms with Gasteiger partial charge in [-0.2, -0.15) is 0 Å². The first-order chi connectivity index (χ1) is 14.1. The number of fused-ring (bicyclic) bond motifs is 1. The molecule has 0 saturated carbocycles. The predicted octanol–water partition coefficient (Wildman–Crippen LogP) is 3.49. The monoisotopic (exact) mass is 500 g/mol. The fraction of sp³-hybridized carbons (Fsp3) is 0.150. The molecule has 0 bridgehead atoms. The standard InChI is InChI=1S/C20H20N4O5S.2ClH/c1-12-3-5-14-10-15(6-7-16(14)23-12)29-17-8-4-13(9-18(17)30(2,26)27)11-28-20(25)24-19(21)22;;/h3-10H,11H2,1-2H3,(H4,21,22,24,25);2*1H. The van der Waals surface area contributed by atoms with Gasteiger partial charge < -0.3 is 20.9 Å². The molecule has 1 aromatic heterocycles. The van der Waals surface area contributed by atoms with Crippen molar-refractivity contribution >= 4 is 57.6 Å². The summed E-state index contributed by atoms with van der Waals surface area (Å²) in [4.78, 5) is 19.0. The number of sulfone groups is 1. The molecule has 172 valence electrons. The molecule has 3 aromatic rings. The van der Waals surface area contributed by atoms with E-state index in [0.717, 1.165) is 22.9 Å². The number of carbonyl (C=O) groups is 1. The predicted molar refractivity (Wildman–Crippen MR) is 127 cm³/mol. The van der Waals surface area contributed by atoms with Crippen LogP contribution in [0, 0.1) is 6.92 Å². The Morgan fingerprint density at radius 2 is 1.78 bits per heavy atom. The van der Waals surface area contributed by atoms with E-state index in [9.17, 15) is 13.2 Å². The number of hydrogen-bond donors (Lipinski definition) is 2. The Balaban J connectivity index is 0.00000256. The van der Waals surface area contributed by atoms with Gasteiger partial charge in [-0.1, -0.05) is 12.1 Å². The van der Waals surface area contributed by atoms with Gasteiger partial charge in [0, 0.05) is 17.3 Å². The first-order valence-electron chi connectivity index (χ1n) is 8.76. The highest BCUT2D eigenvalue weighted by molar-refractivity contribution is 7.90. The zero-order chi connectivity index (χ0) is 21.9. The van der Waals surface area contributed by atoms with Crippen LogP contribution in [0.1, 0.15) is 11.3 Å². The molecule has 0 spiro atoms. The van der Waals surface area contributed by atoms with Crippen LogP contribution in [0.3, 0.4) is 0 Å². The fourth-order valence-corrected chi connectivity index (χ4v) is 3.54. The van der Waals surface area contributed by atoms with Crippen molar-refractivity contribution in [3.05, 3.63) is 59.8 Å². The van der Waals surface area contributed by atoms with E-state index in [4.69, 9.17) is 20.9 Å². The largest absolute Gasteiger partial charge is 0.456 e. The second-order valence-electron chi connectivity index (χ2n) is 6.55. The van der Waals surface area contributed by atoms with E-state index < -0.39 is 21.9 Å². The quantitative estimate of drug-likeness (QED) is 0.399. The molecule has 32 heavy (non-hydrogen) atoms. The summed E-state index contributed by atoms with van der Waals surface area (Å²) in [5.41, 5.74) is 12.3. The molecule has 0 atom stereocenters. The third kappa shape index (κ3) is 6.98. The molecule has 4 N–H and O–H groups in total. The number of benzene rings is 2. The zero-order valence-corrected chi connectivity index (χ0v) is 19.6. The lowest BCUT2D eigenvalue weighted by atomic mass is 10.2. The third-order valence-corrected chi connectivity index (χ3v) is 5.14. The van der Waals surface area contributed by atoms with Crippen molar-refractivity contribution in [3.8, 4) is 11.5 Å². The Kier molecular flexibility index (Phi) is 9.25. The van der Waals surface area contributed by atoms with Crippen LogP contribution in [-0.4, -0.2) is 31.7 Å². The number of aromatic nitrogens is 1. The Morgan fingerprint density at radius 3 is 2.44 bits per heavy atom. The number of hydrogen-bond acceptors (Lipinski definition) is 6. The lowest BCUT2D eigenvalue weighted by Gasteiger charge is -2.12. The second-order valence-corrected chi connectivity index (χ2v) is 8.54. The highest BCUT2D eigenvalue weighted by Gasteiger charge is 2.17. The van der Waals surface area contributed by atoms with Gasteiger partial charge in [0.25, 0.3) is 0 Å². The number of pyridine rings is 1. The summed E-state index contributed by atoms with van der Waals surface area (Å²) in [5, 5.41) is 0.863. The van der Waals surface area contributed by atoms with E-state index >= 15 is 0 Å². The highest BCUT2D eigenvalue weighted by Crippen LogP contribution is 2.31. The van der Waals surface area contributed by atoms with Gasteiger partial charge in [-0.25, -0.2) is 13.2 Å². The first-order valence-corrected chi connectivity index (χ1v) is 10.7. The van der Waals surface area contributed by atoms with E-state index in [1.165, 1.54) is 12.1 Å². The van der Waals surface area contributed by atoms with Crippen molar-refractivity contribution in [3.63, 3.8) is 0 Å². The number of rotatable bonds is 5. The molecular formula is C20H22Cl2N4O5S. The molecule has 3 rings (SSSR count). The van der Waals surface area contributed by atoms with Crippen LogP contribution >= 0.6 is 24.8 Å². The van der Waals surface area contributed by atoms with E-state index in [2.05, 4.69) is 9.98 Å². The molecule has 2 aromatic carbocycles. The normalized spacial score (nSPS) is 10.4. The number of nitrogens with zero attached hydrogens (tertiary/aromatic N) is 2. The van der Waals surface area contributed by atoms with E-state index in [-0.39, 0.29) is 42.1 Å². The maximum absolute atomic E-state index is 12.3. The molecule has 0 aliphatic carbocycles. The van der Waals surface area contributed by atoms with Crippen molar-refractivity contribution in [2.24, 2.45) is 16.5 Å². The smallest absolute Gasteiger partial charge is 0.437 e. The molecular weight excluding hydrogens is 479 g/mol. The molecule has 9 nitrogen and oxygen atoms in total. The average Bonchev–Trinajstić information content (AvgIpc) is 2.66. The summed E-state index contributed by atoms with van der Waals surface area (Å²) in [7, 11) is -3.63. The van der Waals surface area contributed by atoms with Crippen molar-refractivity contribution in [2.45, 2.75) is 18.4 Å². The minimum atomic E-state index is -3.63. The number of ether oxygens (including phenoxy) is 2. The number of nitrogens with two attached hydrogens (primary N) is 2. The third-order valence-electron chi connectivity index (χ3n) is 4.02. The SMILES string of the molecule is Cc1ccc2cc(Oc3ccc(COC(=O)N=C(N)N)cc3S(C)(=O)=O)ccc2n1.Cl.Cl. The van der Waals surface area contributed by atoms with E-state index in [0.29, 0.717) is 11.3 Å². The van der Waals surface area contributed by atoms with Gasteiger partial charge in [0.1, 0.15) is 23.0 Å². The number of aliphatic imine (C=N–C) groups is 1. The Hall–Kier alpha value is -3.08. The summed E-state index contributed by atoms with van der Waals surface area (Å²) in [5.74, 6) is 0.183. The minimum absolute atomic E-state index is 0. The van der Waals surface area contributed by atoms with E-state index in [1.807, 2.05) is 19.1 Å². The van der Waals surface area contributed by atoms with Crippen LogP contribution in [0.5, 0.6) is 11.5 Å². The molecule has 0 unspecified atom stereocenters. The van der Waals surface area contributed by atoms with Gasteiger partial charge in [0.15, 0.2) is 15.8 Å². The first kappa shape index (κ1) is 27.0. The molecule has 1 amide bonds. The Morgan fingerprint density at radius 1 is 1.06 bits per heavy atom. The van der Waals surface area contributed by atoms with Gasteiger partial charge in [-0.15, -0.1) is 29.8 Å². The fourth-order valence-electron chi connectivity index (χ4n) is 2.70. The molecule has 0 radical (unpaired) electrons. The molecule has 12 heteroatoms. The Labute approximate surface area is 197 Å². The van der Waals surface area contributed by atoms with Gasteiger partial charge in [0.2, 0.25) is 0 Å². The summed E-state index contributed by atoms with van der Waals surface area (Å²) in [6.45, 7) is 1.69. The summed E-state index contributed by atoms with van der Waals surface area (Å²) < 4.78 is 35.3. The zero-order valence-electron chi connectivity index (χ0n) is 17.1. The summed E-state index contributed by atoms with van der Waals surface area (Å²) >= 11 is 0. The van der Waals surface area contributed by atoms with E-state index in [1.54, 1.807) is 24.3 Å². The van der Waals surface area contributed by atoms with Gasteiger partial charge >= 0.3 is 6.09 Å². The van der Waals surface area contributed by atoms with Crippen LogP contribution in [0.25, 0.3) is 10.9 Å². The van der Waals surface area contributed by atoms with Gasteiger partial charge in [-0.05, 0) is 48.9 Å². The summed E-state index contributed by atoms with van der Waals surface area (Å²) in [6.07, 6.45) is 0.0912. The lowest BCUT2D eigenvalue weighted by molar-refractivity contribution is 0.150. The number of amides is 1. The van der Waals surface area contributed by atoms with Crippen molar-refractivity contribution < 1.29 is 22.7 Å². The average molecular weight is 501 g/mol. The van der Waals surface area contributed by atoms with Crippen molar-refractivity contribution in [2.75, 3.05) is 6.26 Å². The summed E-state index contributed by atoms with van der Waals surface area (Å²) in [6, 6.07) is 13.5. The van der Waals surface area contributed by atoms with Gasteiger partial charge in [-0.3, -0.25) is 4.98 Å². The molecule has 1 heterocycles. The number of halogens is 2. The second kappa shape index (κ2) is 11.0. The van der Waals surface area contributed by atoms with Crippen LogP contribution in [-0.2, 0) is 21.2 Å². The minimum Gasteiger partial charge on any atom is -0.456 e. The number of carbonyl (C=O) groups excluding carboxylic acids is 1. The Bertz CT molecular complexity index is 1260. The van der Waals surface area contributed by atoms with Crippen molar-refractivity contribution in [1.82, 2.24) is 4.98 Å². The molecule has 0 aliphatic heterocycles. The van der Waals surface area contributed by atoms with Crippen LogP contribution < -0.4 is 16.2 Å². The maximum atomic E-state index is 12.3. The number of guanidine groups is 1. The lowest BCUT2D eigenvalue weighted by Crippen LogP contribution is -2.24. The van der Waals surface area contributed by atoms with Crippen molar-refractivity contribution in [1.29, 1.82) is 0 Å². The maximum Gasteiger partial charge on any atom is 0.437 e. The van der Waals surface area contributed by atoms with Gasteiger partial charge in [0.05, 0.1) is 5.52 Å². The number of aryl methyl sites for hydroxylation is 1. The topological polar surface area (TPSA) is 147 Å². The molecule has 0 fully saturated rings. The molecule has 0 saturated heterocycles. The van der Waals surface area contributed by atoms with Crippen LogP contribution in [0.15, 0.2) is 58.4 Å². The molecule has 0 aliphatic rings. The van der Waals surface area contributed by atoms with Crippen LogP contribution in [0.4, 0.5) is 4.79 Å². The highest BCUT2D eigenvalue weighted by atomic mass is 35.5.